The van der Waals surface area contributed by atoms with Gasteiger partial charge in [-0.05, 0) is 39.5 Å². The molecule has 1 unspecified atom stereocenters. The van der Waals surface area contributed by atoms with Crippen LogP contribution in [0.2, 0.25) is 6.04 Å². The second kappa shape index (κ2) is 13.3. The largest absolute Gasteiger partial charge is 0.500 e. The molecule has 0 bridgehead atoms. The SMILES string of the molecule is CCO[Si](CCCNC(=O)C(CC(C)C)NC(C)=O)(OCC)OCC. The Bertz CT molecular complexity index is 376. The van der Waals surface area contributed by atoms with Gasteiger partial charge in [0.15, 0.2) is 0 Å². The summed E-state index contributed by atoms with van der Waals surface area (Å²) in [4.78, 5) is 23.6. The van der Waals surface area contributed by atoms with Crippen molar-refractivity contribution in [2.24, 2.45) is 5.92 Å². The van der Waals surface area contributed by atoms with Crippen molar-refractivity contribution in [2.45, 2.75) is 66.5 Å². The van der Waals surface area contributed by atoms with Gasteiger partial charge in [0.1, 0.15) is 6.04 Å². The fraction of sp³-hybridized carbons (Fsp3) is 0.882. The van der Waals surface area contributed by atoms with Gasteiger partial charge >= 0.3 is 8.80 Å². The summed E-state index contributed by atoms with van der Waals surface area (Å²) in [7, 11) is -2.67. The van der Waals surface area contributed by atoms with Crippen LogP contribution in [0.1, 0.15) is 54.4 Å². The lowest BCUT2D eigenvalue weighted by molar-refractivity contribution is -0.128. The molecule has 2 N–H and O–H groups in total. The average molecular weight is 377 g/mol. The molecule has 0 aliphatic heterocycles. The van der Waals surface area contributed by atoms with Crippen molar-refractivity contribution in [3.05, 3.63) is 0 Å². The van der Waals surface area contributed by atoms with E-state index in [1.165, 1.54) is 6.92 Å². The molecule has 0 saturated carbocycles. The van der Waals surface area contributed by atoms with Crippen LogP contribution in [0.3, 0.4) is 0 Å². The van der Waals surface area contributed by atoms with E-state index in [0.717, 1.165) is 0 Å². The summed E-state index contributed by atoms with van der Waals surface area (Å²) in [6, 6.07) is 0.155. The van der Waals surface area contributed by atoms with E-state index in [-0.39, 0.29) is 11.8 Å². The number of hydrogen-bond acceptors (Lipinski definition) is 5. The van der Waals surface area contributed by atoms with Gasteiger partial charge in [0.05, 0.1) is 0 Å². The molecule has 0 aromatic heterocycles. The summed E-state index contributed by atoms with van der Waals surface area (Å²) >= 11 is 0. The Kier molecular flexibility index (Phi) is 12.8. The maximum absolute atomic E-state index is 12.3. The third-order valence-electron chi connectivity index (χ3n) is 3.45. The zero-order valence-corrected chi connectivity index (χ0v) is 17.6. The fourth-order valence-electron chi connectivity index (χ4n) is 2.59. The first-order valence-corrected chi connectivity index (χ1v) is 11.2. The van der Waals surface area contributed by atoms with Gasteiger partial charge < -0.3 is 23.9 Å². The minimum atomic E-state index is -2.67. The van der Waals surface area contributed by atoms with Crippen LogP contribution >= 0.6 is 0 Å². The summed E-state index contributed by atoms with van der Waals surface area (Å²) < 4.78 is 17.4. The minimum absolute atomic E-state index is 0.152. The van der Waals surface area contributed by atoms with Crippen LogP contribution in [0.25, 0.3) is 0 Å². The van der Waals surface area contributed by atoms with Crippen molar-refractivity contribution < 1.29 is 22.9 Å². The van der Waals surface area contributed by atoms with Gasteiger partial charge in [0.2, 0.25) is 11.8 Å². The normalized spacial score (nSPS) is 12.9. The van der Waals surface area contributed by atoms with Gasteiger partial charge in [-0.3, -0.25) is 9.59 Å². The smallest absolute Gasteiger partial charge is 0.374 e. The second-order valence-electron chi connectivity index (χ2n) is 6.26. The zero-order valence-electron chi connectivity index (χ0n) is 16.6. The van der Waals surface area contributed by atoms with Crippen molar-refractivity contribution in [3.63, 3.8) is 0 Å². The first-order valence-electron chi connectivity index (χ1n) is 9.26. The lowest BCUT2D eigenvalue weighted by Gasteiger charge is -2.28. The second-order valence-corrected chi connectivity index (χ2v) is 8.99. The predicted octanol–water partition coefficient (Wildman–Crippen LogP) is 2.09. The standard InChI is InChI=1S/C17H36N2O5Si/c1-7-22-25(23-8-2,24-9-3)12-10-11-18-17(21)16(13-14(4)5)19-15(6)20/h14,16H,7-13H2,1-6H3,(H,18,21)(H,19,20). The molecule has 2 amide bonds. The van der Waals surface area contributed by atoms with E-state index in [9.17, 15) is 9.59 Å². The third kappa shape index (κ3) is 10.6. The Morgan fingerprint density at radius 2 is 1.52 bits per heavy atom. The zero-order chi connectivity index (χ0) is 19.3. The van der Waals surface area contributed by atoms with Crippen molar-refractivity contribution in [3.8, 4) is 0 Å². The van der Waals surface area contributed by atoms with E-state index in [2.05, 4.69) is 10.6 Å². The Labute approximate surface area is 153 Å². The van der Waals surface area contributed by atoms with E-state index in [0.29, 0.717) is 51.2 Å². The molecule has 0 rings (SSSR count). The number of hydrogen-bond donors (Lipinski definition) is 2. The summed E-state index contributed by atoms with van der Waals surface area (Å²) in [5, 5.41) is 5.61. The number of carbonyl (C=O) groups is 2. The van der Waals surface area contributed by atoms with E-state index < -0.39 is 14.8 Å². The molecular formula is C17H36N2O5Si. The van der Waals surface area contributed by atoms with Gasteiger partial charge in [0.25, 0.3) is 0 Å². The van der Waals surface area contributed by atoms with E-state index in [1.807, 2.05) is 34.6 Å². The summed E-state index contributed by atoms with van der Waals surface area (Å²) in [5.74, 6) is -0.0341. The Balaban J connectivity index is 4.52. The van der Waals surface area contributed by atoms with Crippen molar-refractivity contribution >= 4 is 20.6 Å². The molecule has 0 spiro atoms. The number of amides is 2. The highest BCUT2D eigenvalue weighted by molar-refractivity contribution is 6.60. The fourth-order valence-corrected chi connectivity index (χ4v) is 5.20. The topological polar surface area (TPSA) is 85.9 Å². The molecule has 0 fully saturated rings. The maximum atomic E-state index is 12.3. The molecule has 148 valence electrons. The van der Waals surface area contributed by atoms with Crippen molar-refractivity contribution in [1.29, 1.82) is 0 Å². The highest BCUT2D eigenvalue weighted by atomic mass is 28.4. The maximum Gasteiger partial charge on any atom is 0.500 e. The number of rotatable bonds is 14. The molecule has 0 aliphatic carbocycles. The van der Waals surface area contributed by atoms with Gasteiger partial charge in [-0.15, -0.1) is 0 Å². The molecule has 0 heterocycles. The van der Waals surface area contributed by atoms with Crippen LogP contribution in [0, 0.1) is 5.92 Å². The first kappa shape index (κ1) is 24.0. The minimum Gasteiger partial charge on any atom is -0.374 e. The van der Waals surface area contributed by atoms with Crippen LogP contribution < -0.4 is 10.6 Å². The van der Waals surface area contributed by atoms with E-state index in [1.54, 1.807) is 0 Å². The van der Waals surface area contributed by atoms with E-state index >= 15 is 0 Å². The Morgan fingerprint density at radius 3 is 1.92 bits per heavy atom. The highest BCUT2D eigenvalue weighted by Gasteiger charge is 2.39. The summed E-state index contributed by atoms with van der Waals surface area (Å²) in [6.07, 6.45) is 1.31. The average Bonchev–Trinajstić information content (AvgIpc) is 2.50. The van der Waals surface area contributed by atoms with Crippen LogP contribution in [0.5, 0.6) is 0 Å². The van der Waals surface area contributed by atoms with Gasteiger partial charge in [-0.2, -0.15) is 0 Å². The van der Waals surface area contributed by atoms with Gasteiger partial charge in [-0.1, -0.05) is 13.8 Å². The van der Waals surface area contributed by atoms with Crippen LogP contribution in [0.4, 0.5) is 0 Å². The molecule has 0 aromatic carbocycles. The molecule has 0 aliphatic rings. The summed E-state index contributed by atoms with van der Waals surface area (Å²) in [6.45, 7) is 13.3. The molecule has 1 atom stereocenters. The molecule has 8 heteroatoms. The molecular weight excluding hydrogens is 340 g/mol. The van der Waals surface area contributed by atoms with E-state index in [4.69, 9.17) is 13.3 Å². The Hall–Kier alpha value is -0.963. The van der Waals surface area contributed by atoms with Crippen LogP contribution in [-0.4, -0.2) is 53.0 Å². The molecule has 7 nitrogen and oxygen atoms in total. The van der Waals surface area contributed by atoms with Crippen LogP contribution in [0.15, 0.2) is 0 Å². The quantitative estimate of drug-likeness (QED) is 0.358. The highest BCUT2D eigenvalue weighted by Crippen LogP contribution is 2.17. The van der Waals surface area contributed by atoms with Gasteiger partial charge in [0, 0.05) is 39.3 Å². The molecule has 0 saturated heterocycles. The summed E-state index contributed by atoms with van der Waals surface area (Å²) in [5.41, 5.74) is 0. The first-order chi connectivity index (χ1) is 11.8. The predicted molar refractivity (Wildman–Crippen MR) is 100 cm³/mol. The van der Waals surface area contributed by atoms with Gasteiger partial charge in [-0.25, -0.2) is 0 Å². The van der Waals surface area contributed by atoms with Crippen LogP contribution in [-0.2, 0) is 22.9 Å². The monoisotopic (exact) mass is 376 g/mol. The van der Waals surface area contributed by atoms with Crippen molar-refractivity contribution in [2.75, 3.05) is 26.4 Å². The number of nitrogens with one attached hydrogen (secondary N) is 2. The molecule has 0 aromatic rings. The van der Waals surface area contributed by atoms with Crippen molar-refractivity contribution in [1.82, 2.24) is 10.6 Å². The molecule has 25 heavy (non-hydrogen) atoms. The number of carbonyl (C=O) groups excluding carboxylic acids is 2. The lowest BCUT2D eigenvalue weighted by Crippen LogP contribution is -2.48. The third-order valence-corrected chi connectivity index (χ3v) is 6.60. The molecule has 0 radical (unpaired) electrons. The lowest BCUT2D eigenvalue weighted by atomic mass is 10.0. The Morgan fingerprint density at radius 1 is 1.00 bits per heavy atom.